The van der Waals surface area contributed by atoms with E-state index < -0.39 is 5.97 Å². The summed E-state index contributed by atoms with van der Waals surface area (Å²) >= 11 is 0. The minimum absolute atomic E-state index is 0.277. The lowest BCUT2D eigenvalue weighted by Gasteiger charge is -2.31. The van der Waals surface area contributed by atoms with Crippen molar-refractivity contribution >= 4 is 12.4 Å². The molecule has 1 N–H and O–H groups in total. The summed E-state index contributed by atoms with van der Waals surface area (Å²) in [6.45, 7) is 0.564. The standard InChI is InChI=1S/C15H19NO3/c17-11-16(14-4-2-1-3-5-14)10-12-6-8-13(9-7-12)15(18)19/h6-9,11,14H,1-5,10H2,(H,18,19). The molecule has 0 spiro atoms. The van der Waals surface area contributed by atoms with E-state index in [0.717, 1.165) is 24.8 Å². The number of carbonyl (C=O) groups excluding carboxylic acids is 1. The molecule has 0 heterocycles. The van der Waals surface area contributed by atoms with Crippen molar-refractivity contribution in [1.82, 2.24) is 4.90 Å². The topological polar surface area (TPSA) is 57.6 Å². The maximum atomic E-state index is 11.2. The second-order valence-electron chi connectivity index (χ2n) is 5.07. The number of carboxylic acids is 1. The monoisotopic (exact) mass is 261 g/mol. The van der Waals surface area contributed by atoms with Crippen molar-refractivity contribution in [3.05, 3.63) is 35.4 Å². The van der Waals surface area contributed by atoms with Crippen molar-refractivity contribution in [2.24, 2.45) is 0 Å². The largest absolute Gasteiger partial charge is 0.478 e. The van der Waals surface area contributed by atoms with Crippen molar-refractivity contribution in [3.8, 4) is 0 Å². The molecule has 0 saturated heterocycles. The highest BCUT2D eigenvalue weighted by Gasteiger charge is 2.19. The molecule has 0 bridgehead atoms. The summed E-state index contributed by atoms with van der Waals surface area (Å²) in [5.41, 5.74) is 1.25. The molecule has 0 aromatic heterocycles. The van der Waals surface area contributed by atoms with Crippen LogP contribution in [-0.2, 0) is 11.3 Å². The van der Waals surface area contributed by atoms with E-state index in [1.165, 1.54) is 19.3 Å². The maximum absolute atomic E-state index is 11.2. The number of aromatic carboxylic acids is 1. The van der Waals surface area contributed by atoms with Crippen LogP contribution in [0.15, 0.2) is 24.3 Å². The van der Waals surface area contributed by atoms with Gasteiger partial charge in [0.1, 0.15) is 0 Å². The van der Waals surface area contributed by atoms with E-state index in [1.807, 2.05) is 4.90 Å². The first-order valence-electron chi connectivity index (χ1n) is 6.74. The van der Waals surface area contributed by atoms with Gasteiger partial charge in [-0.05, 0) is 30.5 Å². The van der Waals surface area contributed by atoms with Crippen LogP contribution in [0.2, 0.25) is 0 Å². The Morgan fingerprint density at radius 1 is 1.21 bits per heavy atom. The minimum atomic E-state index is -0.925. The summed E-state index contributed by atoms with van der Waals surface area (Å²) < 4.78 is 0. The number of benzene rings is 1. The number of amides is 1. The van der Waals surface area contributed by atoms with Crippen LogP contribution in [0.5, 0.6) is 0 Å². The molecular formula is C15H19NO3. The number of hydrogen-bond acceptors (Lipinski definition) is 2. The third-order valence-corrected chi connectivity index (χ3v) is 3.75. The fraction of sp³-hybridized carbons (Fsp3) is 0.467. The molecule has 19 heavy (non-hydrogen) atoms. The number of carbonyl (C=O) groups is 2. The van der Waals surface area contributed by atoms with Crippen molar-refractivity contribution in [1.29, 1.82) is 0 Å². The summed E-state index contributed by atoms with van der Waals surface area (Å²) in [5.74, 6) is -0.925. The average molecular weight is 261 g/mol. The predicted molar refractivity (Wildman–Crippen MR) is 71.9 cm³/mol. The minimum Gasteiger partial charge on any atom is -0.478 e. The Kier molecular flexibility index (Phi) is 4.55. The summed E-state index contributed by atoms with van der Waals surface area (Å²) in [7, 11) is 0. The third-order valence-electron chi connectivity index (χ3n) is 3.75. The van der Waals surface area contributed by atoms with Gasteiger partial charge in [0, 0.05) is 12.6 Å². The number of nitrogens with zero attached hydrogens (tertiary/aromatic N) is 1. The molecule has 0 aliphatic heterocycles. The van der Waals surface area contributed by atoms with Crippen LogP contribution in [0.4, 0.5) is 0 Å². The van der Waals surface area contributed by atoms with Crippen LogP contribution in [0.25, 0.3) is 0 Å². The van der Waals surface area contributed by atoms with Crippen LogP contribution in [-0.4, -0.2) is 28.4 Å². The molecular weight excluding hydrogens is 242 g/mol. The number of hydrogen-bond donors (Lipinski definition) is 1. The van der Waals surface area contributed by atoms with Gasteiger partial charge in [0.15, 0.2) is 0 Å². The molecule has 102 valence electrons. The van der Waals surface area contributed by atoms with Crippen LogP contribution < -0.4 is 0 Å². The van der Waals surface area contributed by atoms with Gasteiger partial charge in [0.05, 0.1) is 5.56 Å². The second kappa shape index (κ2) is 6.36. The summed E-state index contributed by atoms with van der Waals surface area (Å²) in [5, 5.41) is 8.84. The Labute approximate surface area is 113 Å². The van der Waals surface area contributed by atoms with Crippen molar-refractivity contribution in [2.75, 3.05) is 0 Å². The lowest BCUT2D eigenvalue weighted by Crippen LogP contribution is -2.35. The Hall–Kier alpha value is -1.84. The van der Waals surface area contributed by atoms with Crippen molar-refractivity contribution in [2.45, 2.75) is 44.7 Å². The molecule has 1 fully saturated rings. The van der Waals surface area contributed by atoms with Crippen LogP contribution in [0, 0.1) is 0 Å². The Balaban J connectivity index is 2.01. The van der Waals surface area contributed by atoms with Gasteiger partial charge < -0.3 is 10.0 Å². The lowest BCUT2D eigenvalue weighted by atomic mass is 9.94. The second-order valence-corrected chi connectivity index (χ2v) is 5.07. The zero-order valence-corrected chi connectivity index (χ0v) is 10.9. The van der Waals surface area contributed by atoms with Crippen molar-refractivity contribution in [3.63, 3.8) is 0 Å². The highest BCUT2D eigenvalue weighted by Crippen LogP contribution is 2.23. The first kappa shape index (κ1) is 13.6. The number of rotatable bonds is 5. The van der Waals surface area contributed by atoms with Gasteiger partial charge in [0.2, 0.25) is 6.41 Å². The van der Waals surface area contributed by atoms with E-state index in [0.29, 0.717) is 12.6 Å². The van der Waals surface area contributed by atoms with E-state index in [9.17, 15) is 9.59 Å². The fourth-order valence-electron chi connectivity index (χ4n) is 2.63. The Bertz CT molecular complexity index is 435. The van der Waals surface area contributed by atoms with Gasteiger partial charge in [-0.3, -0.25) is 4.79 Å². The molecule has 0 atom stereocenters. The molecule has 1 amide bonds. The molecule has 2 rings (SSSR count). The smallest absolute Gasteiger partial charge is 0.335 e. The Morgan fingerprint density at radius 2 is 1.84 bits per heavy atom. The predicted octanol–water partition coefficient (Wildman–Crippen LogP) is 2.68. The molecule has 1 aliphatic carbocycles. The first-order valence-corrected chi connectivity index (χ1v) is 6.74. The highest BCUT2D eigenvalue weighted by molar-refractivity contribution is 5.87. The van der Waals surface area contributed by atoms with Gasteiger partial charge in [-0.25, -0.2) is 4.79 Å². The Morgan fingerprint density at radius 3 is 2.37 bits per heavy atom. The molecule has 1 aromatic rings. The van der Waals surface area contributed by atoms with E-state index in [4.69, 9.17) is 5.11 Å². The summed E-state index contributed by atoms with van der Waals surface area (Å²) in [6, 6.07) is 7.07. The summed E-state index contributed by atoms with van der Waals surface area (Å²) in [6.07, 6.45) is 6.70. The number of carboxylic acid groups (broad SMARTS) is 1. The van der Waals surface area contributed by atoms with E-state index >= 15 is 0 Å². The van der Waals surface area contributed by atoms with Gasteiger partial charge in [-0.1, -0.05) is 31.4 Å². The van der Waals surface area contributed by atoms with Crippen LogP contribution in [0.3, 0.4) is 0 Å². The molecule has 1 saturated carbocycles. The average Bonchev–Trinajstić information content (AvgIpc) is 2.46. The maximum Gasteiger partial charge on any atom is 0.335 e. The molecule has 1 aliphatic rings. The van der Waals surface area contributed by atoms with Crippen LogP contribution in [0.1, 0.15) is 48.0 Å². The molecule has 1 aromatic carbocycles. The van der Waals surface area contributed by atoms with Gasteiger partial charge in [0.25, 0.3) is 0 Å². The van der Waals surface area contributed by atoms with Crippen molar-refractivity contribution < 1.29 is 14.7 Å². The fourth-order valence-corrected chi connectivity index (χ4v) is 2.63. The normalized spacial score (nSPS) is 16.0. The summed E-state index contributed by atoms with van der Waals surface area (Å²) in [4.78, 5) is 23.8. The molecule has 4 heteroatoms. The van der Waals surface area contributed by atoms with Crippen LogP contribution >= 0.6 is 0 Å². The first-order chi connectivity index (χ1) is 9.20. The van der Waals surface area contributed by atoms with E-state index in [-0.39, 0.29) is 5.56 Å². The van der Waals surface area contributed by atoms with E-state index in [2.05, 4.69) is 0 Å². The molecule has 4 nitrogen and oxygen atoms in total. The van der Waals surface area contributed by atoms with Gasteiger partial charge in [-0.2, -0.15) is 0 Å². The SMILES string of the molecule is O=CN(Cc1ccc(C(=O)O)cc1)C1CCCCC1. The van der Waals surface area contributed by atoms with E-state index in [1.54, 1.807) is 24.3 Å². The van der Waals surface area contributed by atoms with Gasteiger partial charge >= 0.3 is 5.97 Å². The quantitative estimate of drug-likeness (QED) is 0.829. The lowest BCUT2D eigenvalue weighted by molar-refractivity contribution is -0.121. The third kappa shape index (κ3) is 3.56. The zero-order valence-electron chi connectivity index (χ0n) is 10.9. The van der Waals surface area contributed by atoms with Gasteiger partial charge in [-0.15, -0.1) is 0 Å². The zero-order chi connectivity index (χ0) is 13.7. The molecule has 0 radical (unpaired) electrons. The molecule has 0 unspecified atom stereocenters. The highest BCUT2D eigenvalue weighted by atomic mass is 16.4.